The van der Waals surface area contributed by atoms with E-state index in [0.717, 1.165) is 11.2 Å². The standard InChI is InChI=1S/C8H9N3O.C3H8/c1-10-7-5(9)4-11-6-2-3-12-8(6)7;1-3-2/h2-4H,9H2,1H3,(H,10,11);3H2,1-2H3. The molecule has 82 valence electrons. The molecular weight excluding hydrogens is 190 g/mol. The molecule has 0 fully saturated rings. The maximum Gasteiger partial charge on any atom is 0.177 e. The molecule has 0 aliphatic rings. The number of anilines is 2. The SMILES string of the molecule is CCC.CNc1c(N)cnc2ccoc12. The molecular formula is C11H17N3O. The molecule has 4 nitrogen and oxygen atoms in total. The fraction of sp³-hybridized carbons (Fsp3) is 0.364. The van der Waals surface area contributed by atoms with Crippen LogP contribution < -0.4 is 11.1 Å². The van der Waals surface area contributed by atoms with Crippen molar-refractivity contribution in [2.24, 2.45) is 0 Å². The Kier molecular flexibility index (Phi) is 3.97. The van der Waals surface area contributed by atoms with Crippen LogP contribution in [0.25, 0.3) is 11.1 Å². The molecule has 0 saturated heterocycles. The topological polar surface area (TPSA) is 64.1 Å². The molecule has 2 heterocycles. The van der Waals surface area contributed by atoms with Gasteiger partial charge >= 0.3 is 0 Å². The van der Waals surface area contributed by atoms with E-state index in [1.165, 1.54) is 6.42 Å². The minimum absolute atomic E-state index is 0.597. The predicted octanol–water partition coefficient (Wildman–Crippen LogP) is 2.87. The average Bonchev–Trinajstić information content (AvgIpc) is 2.67. The van der Waals surface area contributed by atoms with Gasteiger partial charge in [-0.25, -0.2) is 0 Å². The van der Waals surface area contributed by atoms with Crippen molar-refractivity contribution in [3.63, 3.8) is 0 Å². The van der Waals surface area contributed by atoms with E-state index in [0.29, 0.717) is 11.3 Å². The highest BCUT2D eigenvalue weighted by molar-refractivity contribution is 5.92. The van der Waals surface area contributed by atoms with Gasteiger partial charge in [-0.05, 0) is 0 Å². The fourth-order valence-corrected chi connectivity index (χ4v) is 1.18. The van der Waals surface area contributed by atoms with Crippen molar-refractivity contribution in [3.05, 3.63) is 18.5 Å². The predicted molar refractivity (Wildman–Crippen MR) is 63.9 cm³/mol. The maximum atomic E-state index is 5.67. The van der Waals surface area contributed by atoms with Crippen LogP contribution in [0.4, 0.5) is 11.4 Å². The van der Waals surface area contributed by atoms with Crippen LogP contribution in [-0.4, -0.2) is 12.0 Å². The Balaban J connectivity index is 0.000000337. The maximum absolute atomic E-state index is 5.67. The minimum Gasteiger partial charge on any atom is -0.460 e. The quantitative estimate of drug-likeness (QED) is 0.754. The number of furan rings is 1. The van der Waals surface area contributed by atoms with Crippen LogP contribution in [-0.2, 0) is 0 Å². The number of aromatic nitrogens is 1. The molecule has 15 heavy (non-hydrogen) atoms. The van der Waals surface area contributed by atoms with E-state index in [9.17, 15) is 0 Å². The third-order valence-electron chi connectivity index (χ3n) is 1.75. The van der Waals surface area contributed by atoms with E-state index < -0.39 is 0 Å². The molecule has 0 atom stereocenters. The lowest BCUT2D eigenvalue weighted by molar-refractivity contribution is 0.616. The summed E-state index contributed by atoms with van der Waals surface area (Å²) in [6.45, 7) is 4.25. The van der Waals surface area contributed by atoms with E-state index in [1.807, 2.05) is 0 Å². The molecule has 2 aromatic heterocycles. The largest absolute Gasteiger partial charge is 0.460 e. The Bertz CT molecular complexity index is 423. The molecule has 0 amide bonds. The van der Waals surface area contributed by atoms with Crippen LogP contribution >= 0.6 is 0 Å². The fourth-order valence-electron chi connectivity index (χ4n) is 1.18. The van der Waals surface area contributed by atoms with E-state index in [2.05, 4.69) is 24.1 Å². The van der Waals surface area contributed by atoms with Crippen LogP contribution in [0.2, 0.25) is 0 Å². The van der Waals surface area contributed by atoms with Crippen LogP contribution in [0, 0.1) is 0 Å². The molecule has 0 bridgehead atoms. The number of fused-ring (bicyclic) bond motifs is 1. The Morgan fingerprint density at radius 3 is 2.73 bits per heavy atom. The first-order chi connectivity index (χ1) is 7.24. The first kappa shape index (κ1) is 11.4. The second kappa shape index (κ2) is 5.24. The molecule has 4 heteroatoms. The summed E-state index contributed by atoms with van der Waals surface area (Å²) in [7, 11) is 1.80. The van der Waals surface area contributed by atoms with Crippen molar-refractivity contribution in [1.82, 2.24) is 4.98 Å². The van der Waals surface area contributed by atoms with Gasteiger partial charge in [-0.1, -0.05) is 20.3 Å². The van der Waals surface area contributed by atoms with Gasteiger partial charge in [-0.2, -0.15) is 0 Å². The molecule has 0 aliphatic heterocycles. The zero-order valence-electron chi connectivity index (χ0n) is 9.37. The lowest BCUT2D eigenvalue weighted by Gasteiger charge is -2.03. The van der Waals surface area contributed by atoms with Crippen LogP contribution in [0.3, 0.4) is 0 Å². The number of nitrogens with one attached hydrogen (secondary N) is 1. The molecule has 2 aromatic rings. The Morgan fingerprint density at radius 1 is 1.47 bits per heavy atom. The van der Waals surface area contributed by atoms with E-state index >= 15 is 0 Å². The third kappa shape index (κ3) is 2.40. The number of hydrogen-bond donors (Lipinski definition) is 2. The van der Waals surface area contributed by atoms with Crippen LogP contribution in [0.1, 0.15) is 20.3 Å². The van der Waals surface area contributed by atoms with Crippen molar-refractivity contribution in [2.45, 2.75) is 20.3 Å². The van der Waals surface area contributed by atoms with Crippen LogP contribution in [0.5, 0.6) is 0 Å². The summed E-state index contributed by atoms with van der Waals surface area (Å²) in [5, 5.41) is 2.97. The van der Waals surface area contributed by atoms with Gasteiger partial charge < -0.3 is 15.5 Å². The smallest absolute Gasteiger partial charge is 0.177 e. The highest BCUT2D eigenvalue weighted by Gasteiger charge is 2.06. The molecule has 0 aromatic carbocycles. The highest BCUT2D eigenvalue weighted by Crippen LogP contribution is 2.27. The van der Waals surface area contributed by atoms with E-state index in [4.69, 9.17) is 10.2 Å². The van der Waals surface area contributed by atoms with Gasteiger partial charge in [0, 0.05) is 13.1 Å². The Labute approximate surface area is 89.5 Å². The zero-order valence-corrected chi connectivity index (χ0v) is 9.37. The summed E-state index contributed by atoms with van der Waals surface area (Å²) < 4.78 is 5.22. The average molecular weight is 207 g/mol. The van der Waals surface area contributed by atoms with E-state index in [1.54, 1.807) is 25.6 Å². The molecule has 0 radical (unpaired) electrons. The first-order valence-corrected chi connectivity index (χ1v) is 5.04. The number of nitrogens with zero attached hydrogens (tertiary/aromatic N) is 1. The molecule has 3 N–H and O–H groups in total. The minimum atomic E-state index is 0.597. The number of pyridine rings is 1. The number of rotatable bonds is 1. The highest BCUT2D eigenvalue weighted by atomic mass is 16.3. The third-order valence-corrected chi connectivity index (χ3v) is 1.75. The summed E-state index contributed by atoms with van der Waals surface area (Å²) in [5.41, 5.74) is 8.58. The molecule has 0 aliphatic carbocycles. The zero-order chi connectivity index (χ0) is 11.3. The molecule has 0 saturated carbocycles. The van der Waals surface area contributed by atoms with Crippen molar-refractivity contribution < 1.29 is 4.42 Å². The summed E-state index contributed by atoms with van der Waals surface area (Å²) in [6, 6.07) is 1.80. The lowest BCUT2D eigenvalue weighted by Crippen LogP contribution is -1.96. The van der Waals surface area contributed by atoms with Crippen LogP contribution in [0.15, 0.2) is 22.9 Å². The second-order valence-corrected chi connectivity index (χ2v) is 3.18. The molecule has 0 unspecified atom stereocenters. The summed E-state index contributed by atoms with van der Waals surface area (Å²) >= 11 is 0. The summed E-state index contributed by atoms with van der Waals surface area (Å²) in [4.78, 5) is 4.09. The number of hydrogen-bond acceptors (Lipinski definition) is 4. The van der Waals surface area contributed by atoms with Crippen molar-refractivity contribution >= 4 is 22.5 Å². The van der Waals surface area contributed by atoms with Gasteiger partial charge in [0.15, 0.2) is 5.58 Å². The monoisotopic (exact) mass is 207 g/mol. The van der Waals surface area contributed by atoms with Gasteiger partial charge in [-0.15, -0.1) is 0 Å². The van der Waals surface area contributed by atoms with Crippen molar-refractivity contribution in [1.29, 1.82) is 0 Å². The Hall–Kier alpha value is -1.71. The van der Waals surface area contributed by atoms with Gasteiger partial charge in [-0.3, -0.25) is 4.98 Å². The second-order valence-electron chi connectivity index (χ2n) is 3.18. The lowest BCUT2D eigenvalue weighted by atomic mass is 10.3. The van der Waals surface area contributed by atoms with Gasteiger partial charge in [0.05, 0.1) is 18.1 Å². The first-order valence-electron chi connectivity index (χ1n) is 5.04. The normalized spacial score (nSPS) is 9.53. The van der Waals surface area contributed by atoms with Gasteiger partial charge in [0.1, 0.15) is 11.2 Å². The van der Waals surface area contributed by atoms with Gasteiger partial charge in [0.25, 0.3) is 0 Å². The van der Waals surface area contributed by atoms with Gasteiger partial charge in [0.2, 0.25) is 0 Å². The number of nitrogen functional groups attached to an aromatic ring is 1. The summed E-state index contributed by atoms with van der Waals surface area (Å²) in [6.07, 6.45) is 4.46. The van der Waals surface area contributed by atoms with Crippen molar-refractivity contribution in [3.8, 4) is 0 Å². The number of nitrogens with two attached hydrogens (primary N) is 1. The summed E-state index contributed by atoms with van der Waals surface area (Å²) in [5.74, 6) is 0. The van der Waals surface area contributed by atoms with Crippen molar-refractivity contribution in [2.75, 3.05) is 18.1 Å². The Morgan fingerprint density at radius 2 is 2.13 bits per heavy atom. The van der Waals surface area contributed by atoms with E-state index in [-0.39, 0.29) is 0 Å². The molecule has 2 rings (SSSR count). The molecule has 0 spiro atoms.